The molecular weight excluding hydrogens is 574 g/mol. The number of carbonyl (C=O) groups excluding carboxylic acids is 2. The number of sulfonamides is 1. The average molecular weight is 614 g/mol. The molecule has 2 atom stereocenters. The van der Waals surface area contributed by atoms with E-state index in [1.165, 1.54) is 30.2 Å². The fourth-order valence-corrected chi connectivity index (χ4v) is 6.16. The van der Waals surface area contributed by atoms with E-state index in [1.54, 1.807) is 24.3 Å². The second-order valence-corrected chi connectivity index (χ2v) is 12.7. The monoisotopic (exact) mass is 613 g/mol. The molecule has 0 aliphatic heterocycles. The molecule has 0 heterocycles. The van der Waals surface area contributed by atoms with Crippen molar-refractivity contribution in [3.63, 3.8) is 0 Å². The van der Waals surface area contributed by atoms with Crippen molar-refractivity contribution in [1.82, 2.24) is 10.2 Å². The maximum Gasteiger partial charge on any atom is 0.264 e. The van der Waals surface area contributed by atoms with Gasteiger partial charge in [-0.1, -0.05) is 73.0 Å². The van der Waals surface area contributed by atoms with Gasteiger partial charge in [-0.05, 0) is 69.5 Å². The first kappa shape index (κ1) is 32.9. The largest absolute Gasteiger partial charge is 0.495 e. The molecule has 2 unspecified atom stereocenters. The van der Waals surface area contributed by atoms with E-state index in [-0.39, 0.29) is 39.8 Å². The number of rotatable bonds is 13. The Morgan fingerprint density at radius 2 is 1.64 bits per heavy atom. The van der Waals surface area contributed by atoms with Crippen LogP contribution in [0.5, 0.6) is 5.75 Å². The summed E-state index contributed by atoms with van der Waals surface area (Å²) in [6.07, 6.45) is 1.07. The van der Waals surface area contributed by atoms with E-state index in [0.717, 1.165) is 27.4 Å². The molecule has 3 aromatic carbocycles. The van der Waals surface area contributed by atoms with Crippen molar-refractivity contribution in [3.8, 4) is 5.75 Å². The number of nitrogens with zero attached hydrogens (tertiary/aromatic N) is 2. The number of amides is 2. The molecule has 0 spiro atoms. The van der Waals surface area contributed by atoms with E-state index < -0.39 is 28.5 Å². The SMILES string of the molecule is CCC(C)NC(=O)C(CC)N(Cc1cccc(C)c1)C(=O)CN(c1cc(Cl)ccc1OC)S(=O)(=O)c1ccc(C)cc1. The third-order valence-electron chi connectivity index (χ3n) is 7.12. The highest BCUT2D eigenvalue weighted by molar-refractivity contribution is 7.92. The van der Waals surface area contributed by atoms with E-state index in [0.29, 0.717) is 6.42 Å². The first-order chi connectivity index (χ1) is 19.9. The molecule has 0 aromatic heterocycles. The topological polar surface area (TPSA) is 96.0 Å². The van der Waals surface area contributed by atoms with Crippen LogP contribution in [0.1, 0.15) is 50.3 Å². The lowest BCUT2D eigenvalue weighted by Gasteiger charge is -2.34. The van der Waals surface area contributed by atoms with Crippen LogP contribution >= 0.6 is 11.6 Å². The fraction of sp³-hybridized carbons (Fsp3) is 0.375. The van der Waals surface area contributed by atoms with Crippen LogP contribution < -0.4 is 14.4 Å². The van der Waals surface area contributed by atoms with Crippen LogP contribution in [0.25, 0.3) is 0 Å². The highest BCUT2D eigenvalue weighted by Crippen LogP contribution is 2.35. The lowest BCUT2D eigenvalue weighted by Crippen LogP contribution is -2.53. The number of benzene rings is 3. The summed E-state index contributed by atoms with van der Waals surface area (Å²) >= 11 is 6.31. The van der Waals surface area contributed by atoms with Crippen molar-refractivity contribution in [2.75, 3.05) is 18.0 Å². The van der Waals surface area contributed by atoms with Crippen LogP contribution in [0.2, 0.25) is 5.02 Å². The third kappa shape index (κ3) is 8.04. The Labute approximate surface area is 254 Å². The Kier molecular flexibility index (Phi) is 11.4. The normalized spacial score (nSPS) is 12.7. The van der Waals surface area contributed by atoms with E-state index in [4.69, 9.17) is 16.3 Å². The van der Waals surface area contributed by atoms with Gasteiger partial charge in [0.25, 0.3) is 10.0 Å². The summed E-state index contributed by atoms with van der Waals surface area (Å²) in [4.78, 5) is 29.2. The Morgan fingerprint density at radius 3 is 2.24 bits per heavy atom. The molecule has 0 fully saturated rings. The average Bonchev–Trinajstić information content (AvgIpc) is 2.95. The summed E-state index contributed by atoms with van der Waals surface area (Å²) in [6, 6.07) is 17.7. The molecule has 3 rings (SSSR count). The number of ether oxygens (including phenoxy) is 1. The lowest BCUT2D eigenvalue weighted by atomic mass is 10.1. The molecule has 10 heteroatoms. The number of methoxy groups -OCH3 is 1. The standard InChI is InChI=1S/C32H40ClN3O5S/c1-7-24(5)34-32(38)28(8-2)35(20-25-11-9-10-23(4)18-25)31(37)21-36(29-19-26(33)14-17-30(29)41-6)42(39,40)27-15-12-22(3)13-16-27/h9-19,24,28H,7-8,20-21H2,1-6H3,(H,34,38). The number of halogens is 1. The summed E-state index contributed by atoms with van der Waals surface area (Å²) < 4.78 is 34.7. The molecule has 0 aliphatic carbocycles. The molecule has 42 heavy (non-hydrogen) atoms. The van der Waals surface area contributed by atoms with Crippen molar-refractivity contribution >= 4 is 39.1 Å². The summed E-state index contributed by atoms with van der Waals surface area (Å²) in [5, 5.41) is 3.26. The summed E-state index contributed by atoms with van der Waals surface area (Å²) in [5.74, 6) is -0.601. The van der Waals surface area contributed by atoms with E-state index in [2.05, 4.69) is 5.32 Å². The fourth-order valence-electron chi connectivity index (χ4n) is 4.58. The zero-order valence-electron chi connectivity index (χ0n) is 25.1. The molecular formula is C32H40ClN3O5S. The van der Waals surface area contributed by atoms with Crippen molar-refractivity contribution in [2.24, 2.45) is 0 Å². The molecule has 3 aromatic rings. The van der Waals surface area contributed by atoms with Gasteiger partial charge in [0.1, 0.15) is 18.3 Å². The molecule has 2 amide bonds. The van der Waals surface area contributed by atoms with Gasteiger partial charge < -0.3 is 15.0 Å². The van der Waals surface area contributed by atoms with Crippen molar-refractivity contribution < 1.29 is 22.7 Å². The molecule has 0 saturated carbocycles. The molecule has 0 aliphatic rings. The summed E-state index contributed by atoms with van der Waals surface area (Å²) in [6.45, 7) is 9.05. The molecule has 0 radical (unpaired) electrons. The van der Waals surface area contributed by atoms with Gasteiger partial charge in [-0.25, -0.2) is 8.42 Å². The Morgan fingerprint density at radius 1 is 0.952 bits per heavy atom. The van der Waals surface area contributed by atoms with Gasteiger partial charge in [0.2, 0.25) is 11.8 Å². The number of anilines is 1. The van der Waals surface area contributed by atoms with Gasteiger partial charge >= 0.3 is 0 Å². The number of hydrogen-bond acceptors (Lipinski definition) is 5. The van der Waals surface area contributed by atoms with Crippen molar-refractivity contribution in [3.05, 3.63) is 88.4 Å². The lowest BCUT2D eigenvalue weighted by molar-refractivity contribution is -0.140. The number of nitrogens with one attached hydrogen (secondary N) is 1. The number of carbonyl (C=O) groups is 2. The highest BCUT2D eigenvalue weighted by atomic mass is 35.5. The second-order valence-electron chi connectivity index (χ2n) is 10.4. The Hall–Kier alpha value is -3.56. The molecule has 1 N–H and O–H groups in total. The zero-order valence-corrected chi connectivity index (χ0v) is 26.6. The molecule has 226 valence electrons. The van der Waals surface area contributed by atoms with E-state index in [9.17, 15) is 18.0 Å². The predicted octanol–water partition coefficient (Wildman–Crippen LogP) is 5.88. The Balaban J connectivity index is 2.13. The van der Waals surface area contributed by atoms with Gasteiger partial charge in [0, 0.05) is 17.6 Å². The summed E-state index contributed by atoms with van der Waals surface area (Å²) in [7, 11) is -2.84. The summed E-state index contributed by atoms with van der Waals surface area (Å²) in [5.41, 5.74) is 2.83. The van der Waals surface area contributed by atoms with Gasteiger partial charge in [-0.15, -0.1) is 0 Å². The first-order valence-corrected chi connectivity index (χ1v) is 15.8. The molecule has 8 nitrogen and oxygen atoms in total. The smallest absolute Gasteiger partial charge is 0.264 e. The van der Waals surface area contributed by atoms with Crippen molar-refractivity contribution in [1.29, 1.82) is 0 Å². The third-order valence-corrected chi connectivity index (χ3v) is 9.13. The van der Waals surface area contributed by atoms with Crippen LogP contribution in [0.3, 0.4) is 0 Å². The molecule has 0 saturated heterocycles. The van der Waals surface area contributed by atoms with Gasteiger partial charge in [-0.2, -0.15) is 0 Å². The van der Waals surface area contributed by atoms with Crippen LogP contribution in [-0.4, -0.2) is 50.9 Å². The predicted molar refractivity (Wildman–Crippen MR) is 167 cm³/mol. The van der Waals surface area contributed by atoms with E-state index >= 15 is 0 Å². The number of aryl methyl sites for hydroxylation is 2. The van der Waals surface area contributed by atoms with Gasteiger partial charge in [-0.3, -0.25) is 13.9 Å². The van der Waals surface area contributed by atoms with E-state index in [1.807, 2.05) is 58.9 Å². The quantitative estimate of drug-likeness (QED) is 0.260. The van der Waals surface area contributed by atoms with Crippen LogP contribution in [0, 0.1) is 13.8 Å². The highest BCUT2D eigenvalue weighted by Gasteiger charge is 2.35. The molecule has 0 bridgehead atoms. The van der Waals surface area contributed by atoms with Gasteiger partial charge in [0.05, 0.1) is 17.7 Å². The van der Waals surface area contributed by atoms with Gasteiger partial charge in [0.15, 0.2) is 0 Å². The second kappa shape index (κ2) is 14.6. The number of hydrogen-bond donors (Lipinski definition) is 1. The Bertz CT molecular complexity index is 1490. The van der Waals surface area contributed by atoms with Crippen LogP contribution in [-0.2, 0) is 26.2 Å². The maximum absolute atomic E-state index is 14.3. The van der Waals surface area contributed by atoms with Crippen LogP contribution in [0.4, 0.5) is 5.69 Å². The minimum Gasteiger partial charge on any atom is -0.495 e. The van der Waals surface area contributed by atoms with Crippen LogP contribution in [0.15, 0.2) is 71.6 Å². The minimum absolute atomic E-state index is 0.00900. The first-order valence-electron chi connectivity index (χ1n) is 14.0. The minimum atomic E-state index is -4.26. The zero-order chi connectivity index (χ0) is 31.0. The van der Waals surface area contributed by atoms with Crippen molar-refractivity contribution in [2.45, 2.75) is 71.0 Å². The maximum atomic E-state index is 14.3.